The van der Waals surface area contributed by atoms with Crippen molar-refractivity contribution in [3.8, 4) is 17.3 Å². The van der Waals surface area contributed by atoms with Crippen molar-refractivity contribution in [2.45, 2.75) is 33.2 Å². The highest BCUT2D eigenvalue weighted by molar-refractivity contribution is 5.74. The fraction of sp³-hybridized carbons (Fsp3) is 0.360. The van der Waals surface area contributed by atoms with Crippen molar-refractivity contribution in [2.24, 2.45) is 0 Å². The normalized spacial score (nSPS) is 11.0. The maximum Gasteiger partial charge on any atom is 0.317 e. The summed E-state index contributed by atoms with van der Waals surface area (Å²) >= 11 is 0. The molecule has 33 heavy (non-hydrogen) atoms. The summed E-state index contributed by atoms with van der Waals surface area (Å²) in [5.41, 5.74) is 2.37. The smallest absolute Gasteiger partial charge is 0.317 e. The van der Waals surface area contributed by atoms with Crippen LogP contribution in [-0.4, -0.2) is 47.5 Å². The van der Waals surface area contributed by atoms with Gasteiger partial charge in [-0.1, -0.05) is 38.1 Å². The Bertz CT molecular complexity index is 1050. The molecule has 0 unspecified atom stereocenters. The lowest BCUT2D eigenvalue weighted by atomic mass is 10.1. The molecule has 2 amide bonds. The van der Waals surface area contributed by atoms with Gasteiger partial charge in [0.15, 0.2) is 0 Å². The summed E-state index contributed by atoms with van der Waals surface area (Å²) in [4.78, 5) is 14.4. The largest absolute Gasteiger partial charge is 0.438 e. The molecule has 0 aliphatic heterocycles. The minimum Gasteiger partial charge on any atom is -0.438 e. The maximum atomic E-state index is 13.9. The van der Waals surface area contributed by atoms with E-state index in [-0.39, 0.29) is 18.5 Å². The summed E-state index contributed by atoms with van der Waals surface area (Å²) in [5.74, 6) is 0.471. The highest BCUT2D eigenvalue weighted by Crippen LogP contribution is 2.35. The molecule has 0 radical (unpaired) electrons. The number of carbonyl (C=O) groups is 1. The fourth-order valence-corrected chi connectivity index (χ4v) is 3.46. The quantitative estimate of drug-likeness (QED) is 0.463. The molecule has 0 bridgehead atoms. The minimum atomic E-state index is -0.395. The average molecular weight is 455 g/mol. The lowest BCUT2D eigenvalue weighted by molar-refractivity contribution is 0.146. The second kappa shape index (κ2) is 11.5. The first-order valence-electron chi connectivity index (χ1n) is 11.1. The molecule has 0 saturated carbocycles. The van der Waals surface area contributed by atoms with Crippen molar-refractivity contribution in [3.63, 3.8) is 0 Å². The molecule has 0 aliphatic carbocycles. The predicted octanol–water partition coefficient (Wildman–Crippen LogP) is 5.11. The Morgan fingerprint density at radius 3 is 2.58 bits per heavy atom. The van der Waals surface area contributed by atoms with Crippen molar-refractivity contribution in [2.75, 3.05) is 26.8 Å². The van der Waals surface area contributed by atoms with Gasteiger partial charge in [-0.2, -0.15) is 5.10 Å². The summed E-state index contributed by atoms with van der Waals surface area (Å²) in [6.07, 6.45) is 0. The van der Waals surface area contributed by atoms with Crippen LogP contribution in [0.15, 0.2) is 54.6 Å². The van der Waals surface area contributed by atoms with Crippen LogP contribution in [0.25, 0.3) is 5.69 Å². The van der Waals surface area contributed by atoms with Gasteiger partial charge in [0.25, 0.3) is 0 Å². The first-order chi connectivity index (χ1) is 15.9. The highest BCUT2D eigenvalue weighted by atomic mass is 19.1. The number of nitrogens with zero attached hydrogens (tertiary/aromatic N) is 3. The summed E-state index contributed by atoms with van der Waals surface area (Å²) < 4.78 is 27.0. The first kappa shape index (κ1) is 24.3. The molecule has 7 nitrogen and oxygen atoms in total. The Hall–Kier alpha value is -3.39. The van der Waals surface area contributed by atoms with Crippen LogP contribution in [0.4, 0.5) is 9.18 Å². The number of nitrogens with one attached hydrogen (secondary N) is 1. The SMILES string of the molecule is CCNC(=O)N(CCOC)Cc1c(C(C)C)nn(-c2ccccc2)c1Oc1cccc(F)c1. The van der Waals surface area contributed by atoms with Gasteiger partial charge in [-0.3, -0.25) is 0 Å². The van der Waals surface area contributed by atoms with E-state index in [1.54, 1.807) is 28.8 Å². The number of ether oxygens (including phenoxy) is 2. The third-order valence-corrected chi connectivity index (χ3v) is 5.06. The van der Waals surface area contributed by atoms with Gasteiger partial charge in [0.1, 0.15) is 11.6 Å². The number of aromatic nitrogens is 2. The number of hydrogen-bond donors (Lipinski definition) is 1. The third kappa shape index (κ3) is 6.10. The standard InChI is InChI=1S/C25H31FN4O3/c1-5-27-25(31)29(14-15-32-4)17-22-23(18(2)3)28-30(20-11-7-6-8-12-20)24(22)33-21-13-9-10-19(26)16-21/h6-13,16,18H,5,14-15,17H2,1-4H3,(H,27,31). The van der Waals surface area contributed by atoms with Crippen molar-refractivity contribution in [3.05, 3.63) is 71.7 Å². The van der Waals surface area contributed by atoms with Crippen LogP contribution in [0.1, 0.15) is 37.9 Å². The van der Waals surface area contributed by atoms with Crippen LogP contribution in [0.3, 0.4) is 0 Å². The van der Waals surface area contributed by atoms with Crippen molar-refractivity contribution in [1.82, 2.24) is 20.0 Å². The summed E-state index contributed by atoms with van der Waals surface area (Å²) in [6, 6.07) is 15.4. The lowest BCUT2D eigenvalue weighted by Crippen LogP contribution is -2.41. The van der Waals surface area contributed by atoms with Crippen LogP contribution >= 0.6 is 0 Å². The Kier molecular flexibility index (Phi) is 8.43. The van der Waals surface area contributed by atoms with Gasteiger partial charge in [-0.25, -0.2) is 13.9 Å². The van der Waals surface area contributed by atoms with Crippen LogP contribution in [-0.2, 0) is 11.3 Å². The fourth-order valence-electron chi connectivity index (χ4n) is 3.46. The van der Waals surface area contributed by atoms with E-state index in [9.17, 15) is 9.18 Å². The molecule has 1 aromatic heterocycles. The van der Waals surface area contributed by atoms with E-state index in [2.05, 4.69) is 5.32 Å². The number of benzene rings is 2. The first-order valence-corrected chi connectivity index (χ1v) is 11.1. The second-order valence-electron chi connectivity index (χ2n) is 7.88. The second-order valence-corrected chi connectivity index (χ2v) is 7.88. The number of rotatable bonds is 10. The minimum absolute atomic E-state index is 0.0679. The number of amides is 2. The Morgan fingerprint density at radius 2 is 1.94 bits per heavy atom. The van der Waals surface area contributed by atoms with E-state index in [0.29, 0.717) is 31.3 Å². The zero-order chi connectivity index (χ0) is 23.8. The molecular weight excluding hydrogens is 423 g/mol. The topological polar surface area (TPSA) is 68.6 Å². The molecule has 1 N–H and O–H groups in total. The molecule has 0 atom stereocenters. The molecule has 0 aliphatic rings. The molecular formula is C25H31FN4O3. The average Bonchev–Trinajstić information content (AvgIpc) is 3.15. The van der Waals surface area contributed by atoms with Crippen molar-refractivity contribution in [1.29, 1.82) is 0 Å². The van der Waals surface area contributed by atoms with E-state index in [0.717, 1.165) is 16.9 Å². The molecule has 8 heteroatoms. The van der Waals surface area contributed by atoms with Gasteiger partial charge < -0.3 is 19.7 Å². The Morgan fingerprint density at radius 1 is 1.18 bits per heavy atom. The zero-order valence-electron chi connectivity index (χ0n) is 19.5. The third-order valence-electron chi connectivity index (χ3n) is 5.06. The molecule has 0 fully saturated rings. The zero-order valence-corrected chi connectivity index (χ0v) is 19.5. The molecule has 3 aromatic rings. The molecule has 3 rings (SSSR count). The van der Waals surface area contributed by atoms with Gasteiger partial charge >= 0.3 is 6.03 Å². The van der Waals surface area contributed by atoms with Crippen molar-refractivity contribution < 1.29 is 18.7 Å². The molecule has 0 spiro atoms. The van der Waals surface area contributed by atoms with E-state index >= 15 is 0 Å². The Labute approximate surface area is 194 Å². The highest BCUT2D eigenvalue weighted by Gasteiger charge is 2.26. The van der Waals surface area contributed by atoms with Gasteiger partial charge in [0.2, 0.25) is 5.88 Å². The maximum absolute atomic E-state index is 13.9. The molecule has 1 heterocycles. The van der Waals surface area contributed by atoms with Gasteiger partial charge in [0, 0.05) is 26.3 Å². The summed E-state index contributed by atoms with van der Waals surface area (Å²) in [7, 11) is 1.60. The van der Waals surface area contributed by atoms with E-state index in [1.807, 2.05) is 51.1 Å². The van der Waals surface area contributed by atoms with Crippen LogP contribution in [0.5, 0.6) is 11.6 Å². The predicted molar refractivity (Wildman–Crippen MR) is 125 cm³/mol. The van der Waals surface area contributed by atoms with E-state index < -0.39 is 5.82 Å². The van der Waals surface area contributed by atoms with E-state index in [1.165, 1.54) is 12.1 Å². The molecule has 0 saturated heterocycles. The number of urea groups is 1. The monoisotopic (exact) mass is 454 g/mol. The van der Waals surface area contributed by atoms with Gasteiger partial charge in [0.05, 0.1) is 30.1 Å². The van der Waals surface area contributed by atoms with Crippen LogP contribution in [0.2, 0.25) is 0 Å². The lowest BCUT2D eigenvalue weighted by Gasteiger charge is -2.23. The molecule has 2 aromatic carbocycles. The van der Waals surface area contributed by atoms with Crippen molar-refractivity contribution >= 4 is 6.03 Å². The number of methoxy groups -OCH3 is 1. The van der Waals surface area contributed by atoms with E-state index in [4.69, 9.17) is 14.6 Å². The Balaban J connectivity index is 2.12. The summed E-state index contributed by atoms with van der Waals surface area (Å²) in [5, 5.41) is 7.70. The van der Waals surface area contributed by atoms with Crippen LogP contribution < -0.4 is 10.1 Å². The van der Waals surface area contributed by atoms with Gasteiger partial charge in [-0.15, -0.1) is 0 Å². The molecule has 176 valence electrons. The number of carbonyl (C=O) groups excluding carboxylic acids is 1. The summed E-state index contributed by atoms with van der Waals surface area (Å²) in [6.45, 7) is 7.52. The number of halogens is 1. The van der Waals surface area contributed by atoms with Gasteiger partial charge in [-0.05, 0) is 37.1 Å². The number of hydrogen-bond acceptors (Lipinski definition) is 4. The van der Waals surface area contributed by atoms with Crippen LogP contribution in [0, 0.1) is 5.82 Å². The number of para-hydroxylation sites is 1.